The van der Waals surface area contributed by atoms with Crippen LogP contribution in [0.25, 0.3) is 0 Å². The third kappa shape index (κ3) is 1.68. The average Bonchev–Trinajstić information content (AvgIpc) is 1.80. The zero-order valence-corrected chi connectivity index (χ0v) is 6.30. The fourth-order valence-corrected chi connectivity index (χ4v) is 1.65. The number of aliphatic hydroxyl groups excluding tert-OH is 1. The van der Waals surface area contributed by atoms with Crippen molar-refractivity contribution < 1.29 is 5.11 Å². The van der Waals surface area contributed by atoms with E-state index in [1.165, 1.54) is 12.8 Å². The van der Waals surface area contributed by atoms with Crippen LogP contribution in [0, 0.1) is 11.8 Å². The molecule has 0 saturated heterocycles. The first-order valence-corrected chi connectivity index (χ1v) is 3.88. The van der Waals surface area contributed by atoms with Gasteiger partial charge in [0, 0.05) is 0 Å². The van der Waals surface area contributed by atoms with Crippen LogP contribution in [0.3, 0.4) is 0 Å². The molecule has 0 aromatic heterocycles. The molecule has 0 aromatic carbocycles. The van der Waals surface area contributed by atoms with Gasteiger partial charge in [-0.1, -0.05) is 13.8 Å². The molecular formula is C8H16O. The van der Waals surface area contributed by atoms with E-state index in [2.05, 4.69) is 13.8 Å². The summed E-state index contributed by atoms with van der Waals surface area (Å²) >= 11 is 0. The predicted octanol–water partition coefficient (Wildman–Crippen LogP) is 1.80. The van der Waals surface area contributed by atoms with Gasteiger partial charge in [-0.15, -0.1) is 0 Å². The van der Waals surface area contributed by atoms with Crippen LogP contribution in [0.15, 0.2) is 0 Å². The van der Waals surface area contributed by atoms with Gasteiger partial charge in [0.25, 0.3) is 0 Å². The monoisotopic (exact) mass is 128 g/mol. The summed E-state index contributed by atoms with van der Waals surface area (Å²) in [6.07, 6.45) is 3.43. The molecule has 1 heteroatoms. The van der Waals surface area contributed by atoms with Crippen LogP contribution < -0.4 is 0 Å². The summed E-state index contributed by atoms with van der Waals surface area (Å²) in [6.45, 7) is 4.41. The maximum atomic E-state index is 9.30. The van der Waals surface area contributed by atoms with Crippen molar-refractivity contribution in [2.24, 2.45) is 11.8 Å². The fraction of sp³-hybridized carbons (Fsp3) is 1.00. The zero-order valence-electron chi connectivity index (χ0n) is 6.30. The average molecular weight is 128 g/mol. The molecule has 1 rings (SSSR count). The van der Waals surface area contributed by atoms with Crippen LogP contribution in [0.4, 0.5) is 0 Å². The first-order chi connectivity index (χ1) is 4.20. The van der Waals surface area contributed by atoms with Gasteiger partial charge in [-0.3, -0.25) is 0 Å². The third-order valence-electron chi connectivity index (χ3n) is 2.39. The summed E-state index contributed by atoms with van der Waals surface area (Å²) in [4.78, 5) is 0. The minimum absolute atomic E-state index is 0.0128. The fourth-order valence-electron chi connectivity index (χ4n) is 1.65. The van der Waals surface area contributed by atoms with Crippen molar-refractivity contribution in [3.05, 3.63) is 0 Å². The highest BCUT2D eigenvalue weighted by Gasteiger charge is 2.22. The summed E-state index contributed by atoms with van der Waals surface area (Å²) < 4.78 is 0. The van der Waals surface area contributed by atoms with Crippen LogP contribution >= 0.6 is 0 Å². The zero-order chi connectivity index (χ0) is 6.85. The molecule has 0 spiro atoms. The normalized spacial score (nSPS) is 45.0. The number of rotatable bonds is 0. The molecule has 1 aliphatic rings. The summed E-state index contributed by atoms with van der Waals surface area (Å²) in [5.74, 6) is 1.37. The predicted molar refractivity (Wildman–Crippen MR) is 38.2 cm³/mol. The molecule has 0 heterocycles. The molecule has 0 radical (unpaired) electrons. The maximum absolute atomic E-state index is 9.30. The van der Waals surface area contributed by atoms with E-state index in [4.69, 9.17) is 0 Å². The van der Waals surface area contributed by atoms with Crippen molar-refractivity contribution in [3.63, 3.8) is 0 Å². The lowest BCUT2D eigenvalue weighted by Crippen LogP contribution is -2.25. The lowest BCUT2D eigenvalue weighted by molar-refractivity contribution is 0.0611. The number of aliphatic hydroxyl groups is 1. The van der Waals surface area contributed by atoms with Crippen LogP contribution in [0.1, 0.15) is 33.1 Å². The van der Waals surface area contributed by atoms with Crippen molar-refractivity contribution in [3.8, 4) is 0 Å². The molecule has 0 aromatic rings. The summed E-state index contributed by atoms with van der Waals surface area (Å²) in [6, 6.07) is 0. The van der Waals surface area contributed by atoms with Gasteiger partial charge in [-0.25, -0.2) is 0 Å². The first kappa shape index (κ1) is 7.07. The van der Waals surface area contributed by atoms with Gasteiger partial charge in [0.2, 0.25) is 0 Å². The number of hydrogen-bond acceptors (Lipinski definition) is 1. The highest BCUT2D eigenvalue weighted by Crippen LogP contribution is 2.28. The van der Waals surface area contributed by atoms with E-state index < -0.39 is 0 Å². The molecule has 1 aliphatic carbocycles. The molecule has 0 aliphatic heterocycles. The van der Waals surface area contributed by atoms with E-state index in [1.54, 1.807) is 0 Å². The molecule has 54 valence electrons. The van der Waals surface area contributed by atoms with Crippen LogP contribution in [-0.4, -0.2) is 11.2 Å². The topological polar surface area (TPSA) is 20.2 Å². The third-order valence-corrected chi connectivity index (χ3v) is 2.39. The van der Waals surface area contributed by atoms with Gasteiger partial charge in [0.1, 0.15) is 0 Å². The summed E-state index contributed by atoms with van der Waals surface area (Å²) in [5.41, 5.74) is 0. The van der Waals surface area contributed by atoms with Gasteiger partial charge in [-0.2, -0.15) is 0 Å². The van der Waals surface area contributed by atoms with Crippen LogP contribution in [0.5, 0.6) is 0 Å². The Bertz CT molecular complexity index is 90.6. The Labute approximate surface area is 57.1 Å². The molecule has 1 nitrogen and oxygen atoms in total. The van der Waals surface area contributed by atoms with E-state index in [1.807, 2.05) is 0 Å². The second-order valence-electron chi connectivity index (χ2n) is 3.46. The van der Waals surface area contributed by atoms with Crippen molar-refractivity contribution in [2.45, 2.75) is 39.2 Å². The van der Waals surface area contributed by atoms with Gasteiger partial charge in [0.15, 0.2) is 0 Å². The summed E-state index contributed by atoms with van der Waals surface area (Å²) in [7, 11) is 0. The molecule has 1 saturated carbocycles. The second-order valence-corrected chi connectivity index (χ2v) is 3.46. The lowest BCUT2D eigenvalue weighted by Gasteiger charge is -2.28. The minimum Gasteiger partial charge on any atom is -0.393 e. The standard InChI is InChI=1S/C8H16O/c1-6-3-4-8(9)7(2)5-6/h6-9H,3-5H2,1-2H3/t6?,7-,8+/m1/s1. The largest absolute Gasteiger partial charge is 0.393 e. The molecule has 0 bridgehead atoms. The SMILES string of the molecule is CC1CC[C@H](O)[C@H](C)C1. The van der Waals surface area contributed by atoms with Gasteiger partial charge < -0.3 is 5.11 Å². The molecule has 3 atom stereocenters. The van der Waals surface area contributed by atoms with Crippen molar-refractivity contribution in [1.29, 1.82) is 0 Å². The van der Waals surface area contributed by atoms with Gasteiger partial charge in [-0.05, 0) is 31.1 Å². The van der Waals surface area contributed by atoms with E-state index in [0.717, 1.165) is 12.3 Å². The Kier molecular flexibility index (Phi) is 2.12. The summed E-state index contributed by atoms with van der Waals surface area (Å²) in [5, 5.41) is 9.30. The van der Waals surface area contributed by atoms with Crippen LogP contribution in [-0.2, 0) is 0 Å². The van der Waals surface area contributed by atoms with Gasteiger partial charge >= 0.3 is 0 Å². The molecule has 0 amide bonds. The molecular weight excluding hydrogens is 112 g/mol. The minimum atomic E-state index is -0.0128. The van der Waals surface area contributed by atoms with Crippen LogP contribution in [0.2, 0.25) is 0 Å². The number of hydrogen-bond donors (Lipinski definition) is 1. The highest BCUT2D eigenvalue weighted by molar-refractivity contribution is 4.74. The molecule has 1 unspecified atom stereocenters. The Morgan fingerprint density at radius 2 is 1.89 bits per heavy atom. The van der Waals surface area contributed by atoms with Gasteiger partial charge in [0.05, 0.1) is 6.10 Å². The first-order valence-electron chi connectivity index (χ1n) is 3.88. The molecule has 1 fully saturated rings. The second kappa shape index (κ2) is 2.70. The Hall–Kier alpha value is -0.0400. The van der Waals surface area contributed by atoms with Crippen molar-refractivity contribution >= 4 is 0 Å². The maximum Gasteiger partial charge on any atom is 0.0566 e. The quantitative estimate of drug-likeness (QED) is 0.527. The molecule has 9 heavy (non-hydrogen) atoms. The van der Waals surface area contributed by atoms with Crippen molar-refractivity contribution in [1.82, 2.24) is 0 Å². The Balaban J connectivity index is 2.35. The lowest BCUT2D eigenvalue weighted by atomic mass is 9.81. The van der Waals surface area contributed by atoms with E-state index >= 15 is 0 Å². The van der Waals surface area contributed by atoms with E-state index in [0.29, 0.717) is 5.92 Å². The van der Waals surface area contributed by atoms with E-state index in [9.17, 15) is 5.11 Å². The molecule has 1 N–H and O–H groups in total. The Morgan fingerprint density at radius 1 is 1.22 bits per heavy atom. The smallest absolute Gasteiger partial charge is 0.0566 e. The van der Waals surface area contributed by atoms with Crippen molar-refractivity contribution in [2.75, 3.05) is 0 Å². The van der Waals surface area contributed by atoms with E-state index in [-0.39, 0.29) is 6.10 Å². The Morgan fingerprint density at radius 3 is 2.33 bits per heavy atom. The highest BCUT2D eigenvalue weighted by atomic mass is 16.3.